The minimum absolute atomic E-state index is 0.0935. The molecule has 0 aromatic heterocycles. The summed E-state index contributed by atoms with van der Waals surface area (Å²) in [4.78, 5) is 12.7. The lowest BCUT2D eigenvalue weighted by molar-refractivity contribution is 0.0789. The summed E-state index contributed by atoms with van der Waals surface area (Å²) >= 11 is 0. The summed E-state index contributed by atoms with van der Waals surface area (Å²) in [5, 5.41) is 2.98. The Morgan fingerprint density at radius 3 is 2.44 bits per heavy atom. The van der Waals surface area contributed by atoms with E-state index in [-0.39, 0.29) is 12.0 Å². The molecule has 4 heteroatoms. The molecule has 4 nitrogen and oxygen atoms in total. The summed E-state index contributed by atoms with van der Waals surface area (Å²) in [6, 6.07) is 25.4. The van der Waals surface area contributed by atoms with E-state index >= 15 is 0 Å². The van der Waals surface area contributed by atoms with Crippen molar-refractivity contribution in [1.82, 2.24) is 5.32 Å². The topological polar surface area (TPSA) is 47.6 Å². The van der Waals surface area contributed by atoms with Crippen LogP contribution in [-0.4, -0.2) is 25.2 Å². The molecule has 3 aromatic carbocycles. The Kier molecular flexibility index (Phi) is 5.06. The molecule has 27 heavy (non-hydrogen) atoms. The molecule has 0 aliphatic carbocycles. The van der Waals surface area contributed by atoms with Crippen molar-refractivity contribution >= 4 is 5.91 Å². The van der Waals surface area contributed by atoms with Gasteiger partial charge in [-0.1, -0.05) is 60.7 Å². The maximum absolute atomic E-state index is 12.7. The van der Waals surface area contributed by atoms with E-state index in [0.717, 1.165) is 17.7 Å². The van der Waals surface area contributed by atoms with E-state index in [1.165, 1.54) is 5.56 Å². The Bertz CT molecular complexity index is 924. The Labute approximate surface area is 158 Å². The molecule has 4 rings (SSSR count). The van der Waals surface area contributed by atoms with Crippen LogP contribution in [0.25, 0.3) is 0 Å². The zero-order chi connectivity index (χ0) is 18.5. The largest absolute Gasteiger partial charge is 0.486 e. The van der Waals surface area contributed by atoms with Gasteiger partial charge in [-0.15, -0.1) is 0 Å². The number of carbonyl (C=O) groups excluding carboxylic acids is 1. The highest BCUT2D eigenvalue weighted by Gasteiger charge is 2.21. The number of rotatable bonds is 5. The quantitative estimate of drug-likeness (QED) is 0.753. The van der Waals surface area contributed by atoms with E-state index in [1.54, 1.807) is 0 Å². The molecule has 0 saturated heterocycles. The van der Waals surface area contributed by atoms with Crippen LogP contribution >= 0.6 is 0 Å². The van der Waals surface area contributed by atoms with Crippen molar-refractivity contribution in [2.75, 3.05) is 13.2 Å². The Hall–Kier alpha value is -3.27. The Morgan fingerprint density at radius 2 is 1.59 bits per heavy atom. The van der Waals surface area contributed by atoms with Gasteiger partial charge in [0.2, 0.25) is 0 Å². The lowest BCUT2D eigenvalue weighted by Gasteiger charge is -2.26. The fourth-order valence-corrected chi connectivity index (χ4v) is 3.18. The number of nitrogens with one attached hydrogen (secondary N) is 1. The monoisotopic (exact) mass is 359 g/mol. The maximum Gasteiger partial charge on any atom is 0.251 e. The number of carbonyl (C=O) groups is 1. The van der Waals surface area contributed by atoms with Crippen molar-refractivity contribution in [1.29, 1.82) is 0 Å². The number of amides is 1. The summed E-state index contributed by atoms with van der Waals surface area (Å²) in [5.41, 5.74) is 2.88. The summed E-state index contributed by atoms with van der Waals surface area (Å²) in [6.45, 7) is 0.815. The van der Waals surface area contributed by atoms with Gasteiger partial charge < -0.3 is 14.8 Å². The maximum atomic E-state index is 12.7. The van der Waals surface area contributed by atoms with Gasteiger partial charge >= 0.3 is 0 Å². The second-order valence-electron chi connectivity index (χ2n) is 6.53. The molecular weight excluding hydrogens is 338 g/mol. The van der Waals surface area contributed by atoms with Crippen molar-refractivity contribution in [3.8, 4) is 11.5 Å². The third-order valence-electron chi connectivity index (χ3n) is 4.56. The third-order valence-corrected chi connectivity index (χ3v) is 4.56. The van der Waals surface area contributed by atoms with Crippen LogP contribution in [0, 0.1) is 0 Å². The van der Waals surface area contributed by atoms with Crippen LogP contribution in [0.1, 0.15) is 21.5 Å². The van der Waals surface area contributed by atoms with Gasteiger partial charge in [0.1, 0.15) is 12.7 Å². The highest BCUT2D eigenvalue weighted by atomic mass is 16.6. The van der Waals surface area contributed by atoms with Gasteiger partial charge in [-0.05, 0) is 35.7 Å². The first kappa shape index (κ1) is 17.2. The van der Waals surface area contributed by atoms with Gasteiger partial charge in [-0.3, -0.25) is 4.79 Å². The van der Waals surface area contributed by atoms with Crippen LogP contribution in [0.3, 0.4) is 0 Å². The zero-order valence-electron chi connectivity index (χ0n) is 14.9. The summed E-state index contributed by atoms with van der Waals surface area (Å²) < 4.78 is 11.6. The van der Waals surface area contributed by atoms with Gasteiger partial charge in [-0.25, -0.2) is 0 Å². The second kappa shape index (κ2) is 7.96. The fourth-order valence-electron chi connectivity index (χ4n) is 3.18. The third kappa shape index (κ3) is 4.11. The molecule has 0 radical (unpaired) electrons. The molecule has 0 saturated carbocycles. The Balaban J connectivity index is 1.40. The van der Waals surface area contributed by atoms with Crippen molar-refractivity contribution in [3.63, 3.8) is 0 Å². The molecule has 0 bridgehead atoms. The minimum Gasteiger partial charge on any atom is -0.486 e. The smallest absolute Gasteiger partial charge is 0.251 e. The minimum atomic E-state index is -0.204. The fraction of sp³-hybridized carbons (Fsp3) is 0.174. The molecule has 0 fully saturated rings. The molecule has 1 aliphatic heterocycles. The highest BCUT2D eigenvalue weighted by molar-refractivity contribution is 5.95. The normalized spacial score (nSPS) is 15.2. The van der Waals surface area contributed by atoms with Crippen molar-refractivity contribution < 1.29 is 14.3 Å². The summed E-state index contributed by atoms with van der Waals surface area (Å²) in [6.07, 6.45) is 0.519. The molecular formula is C23H21NO3. The van der Waals surface area contributed by atoms with Gasteiger partial charge in [0.25, 0.3) is 5.91 Å². The van der Waals surface area contributed by atoms with Crippen molar-refractivity contribution in [2.45, 2.75) is 12.5 Å². The van der Waals surface area contributed by atoms with Crippen LogP contribution in [0.4, 0.5) is 0 Å². The van der Waals surface area contributed by atoms with Crippen LogP contribution in [0.5, 0.6) is 11.5 Å². The van der Waals surface area contributed by atoms with E-state index in [1.807, 2.05) is 66.7 Å². The van der Waals surface area contributed by atoms with Gasteiger partial charge in [-0.2, -0.15) is 0 Å². The number of benzene rings is 3. The predicted molar refractivity (Wildman–Crippen MR) is 104 cm³/mol. The van der Waals surface area contributed by atoms with Crippen LogP contribution < -0.4 is 14.8 Å². The van der Waals surface area contributed by atoms with E-state index in [0.29, 0.717) is 24.5 Å². The number of ether oxygens (including phenoxy) is 2. The predicted octanol–water partition coefficient (Wildman–Crippen LogP) is 3.85. The summed E-state index contributed by atoms with van der Waals surface area (Å²) in [7, 11) is 0. The zero-order valence-corrected chi connectivity index (χ0v) is 14.9. The number of hydrogen-bond donors (Lipinski definition) is 1. The van der Waals surface area contributed by atoms with E-state index in [2.05, 4.69) is 17.4 Å². The van der Waals surface area contributed by atoms with Crippen LogP contribution in [0.15, 0.2) is 78.9 Å². The lowest BCUT2D eigenvalue weighted by Crippen LogP contribution is -2.40. The summed E-state index contributed by atoms with van der Waals surface area (Å²) in [5.74, 6) is 1.37. The van der Waals surface area contributed by atoms with Gasteiger partial charge in [0.05, 0.1) is 6.54 Å². The molecule has 0 spiro atoms. The van der Waals surface area contributed by atoms with Gasteiger partial charge in [0, 0.05) is 5.56 Å². The molecule has 0 unspecified atom stereocenters. The lowest BCUT2D eigenvalue weighted by atomic mass is 9.99. The number of hydrogen-bond acceptors (Lipinski definition) is 3. The highest BCUT2D eigenvalue weighted by Crippen LogP contribution is 2.30. The average Bonchev–Trinajstić information content (AvgIpc) is 2.73. The molecule has 3 aromatic rings. The first-order valence-electron chi connectivity index (χ1n) is 9.08. The van der Waals surface area contributed by atoms with Crippen molar-refractivity contribution in [3.05, 3.63) is 95.6 Å². The number of para-hydroxylation sites is 2. The van der Waals surface area contributed by atoms with Gasteiger partial charge in [0.15, 0.2) is 11.5 Å². The van der Waals surface area contributed by atoms with E-state index in [9.17, 15) is 4.79 Å². The average molecular weight is 359 g/mol. The van der Waals surface area contributed by atoms with Crippen LogP contribution in [0.2, 0.25) is 0 Å². The van der Waals surface area contributed by atoms with Crippen LogP contribution in [-0.2, 0) is 6.42 Å². The second-order valence-corrected chi connectivity index (χ2v) is 6.53. The Morgan fingerprint density at radius 1 is 0.889 bits per heavy atom. The molecule has 1 heterocycles. The first-order valence-corrected chi connectivity index (χ1v) is 9.08. The van der Waals surface area contributed by atoms with Crippen molar-refractivity contribution in [2.24, 2.45) is 0 Å². The molecule has 1 aliphatic rings. The molecule has 1 amide bonds. The van der Waals surface area contributed by atoms with E-state index < -0.39 is 0 Å². The SMILES string of the molecule is O=C(NC[C@@H]1COc2ccccc2O1)c1ccccc1Cc1ccccc1. The van der Waals surface area contributed by atoms with E-state index in [4.69, 9.17) is 9.47 Å². The standard InChI is InChI=1S/C23H21NO3/c25-23(24-15-19-16-26-21-12-6-7-13-22(21)27-19)20-11-5-4-10-18(20)14-17-8-2-1-3-9-17/h1-13,19H,14-16H2,(H,24,25)/t19-/m1/s1. The molecule has 136 valence electrons. The first-order chi connectivity index (χ1) is 13.3. The molecule has 1 atom stereocenters. The number of fused-ring (bicyclic) bond motifs is 1. The molecule has 1 N–H and O–H groups in total.